The van der Waals surface area contributed by atoms with E-state index in [2.05, 4.69) is 4.99 Å². The topological polar surface area (TPSA) is 121 Å². The first-order valence-corrected chi connectivity index (χ1v) is 9.50. The van der Waals surface area contributed by atoms with Gasteiger partial charge in [-0.2, -0.15) is 4.99 Å². The van der Waals surface area contributed by atoms with Crippen LogP contribution in [0.4, 0.5) is 15.8 Å². The Hall–Kier alpha value is -3.73. The number of rotatable bonds is 5. The van der Waals surface area contributed by atoms with Crippen molar-refractivity contribution in [2.45, 2.75) is 13.3 Å². The van der Waals surface area contributed by atoms with E-state index in [4.69, 9.17) is 0 Å². The quantitative estimate of drug-likeness (QED) is 0.447. The van der Waals surface area contributed by atoms with Crippen molar-refractivity contribution >= 4 is 28.6 Å². The molecule has 1 amide bonds. The number of nitro groups is 2. The van der Waals surface area contributed by atoms with Gasteiger partial charge in [0, 0.05) is 24.1 Å². The zero-order valence-corrected chi connectivity index (χ0v) is 16.7. The van der Waals surface area contributed by atoms with E-state index in [9.17, 15) is 29.4 Å². The summed E-state index contributed by atoms with van der Waals surface area (Å²) in [6, 6.07) is 8.58. The van der Waals surface area contributed by atoms with Gasteiger partial charge in [0.15, 0.2) is 4.80 Å². The molecule has 0 bridgehead atoms. The maximum absolute atomic E-state index is 13.3. The van der Waals surface area contributed by atoms with Crippen molar-refractivity contribution in [1.82, 2.24) is 4.57 Å². The first-order chi connectivity index (χ1) is 14.2. The number of thiazole rings is 1. The maximum Gasteiger partial charge on any atom is 0.280 e. The third-order valence-electron chi connectivity index (χ3n) is 4.31. The molecule has 0 N–H and O–H groups in total. The number of aromatic nitrogens is 1. The van der Waals surface area contributed by atoms with Crippen LogP contribution in [0.25, 0.3) is 11.3 Å². The van der Waals surface area contributed by atoms with Gasteiger partial charge >= 0.3 is 0 Å². The summed E-state index contributed by atoms with van der Waals surface area (Å²) in [7, 11) is 1.69. The number of carbonyl (C=O) groups excluding carboxylic acids is 1. The Kier molecular flexibility index (Phi) is 5.83. The van der Waals surface area contributed by atoms with Crippen LogP contribution in [0.3, 0.4) is 0 Å². The van der Waals surface area contributed by atoms with E-state index < -0.39 is 27.1 Å². The number of aryl methyl sites for hydroxylation is 1. The Balaban J connectivity index is 2.12. The number of nitro benzene ring substituents is 2. The highest BCUT2D eigenvalue weighted by atomic mass is 32.1. The number of benzene rings is 2. The molecule has 0 atom stereocenters. The van der Waals surface area contributed by atoms with Crippen LogP contribution >= 0.6 is 11.3 Å². The molecule has 2 aromatic carbocycles. The minimum atomic E-state index is -0.841. The van der Waals surface area contributed by atoms with E-state index in [0.29, 0.717) is 11.2 Å². The average molecular weight is 430 g/mol. The van der Waals surface area contributed by atoms with E-state index in [-0.39, 0.29) is 11.4 Å². The molecule has 0 fully saturated rings. The third kappa shape index (κ3) is 4.15. The van der Waals surface area contributed by atoms with Crippen LogP contribution < -0.4 is 4.80 Å². The molecular weight excluding hydrogens is 415 g/mol. The average Bonchev–Trinajstić information content (AvgIpc) is 3.03. The fourth-order valence-electron chi connectivity index (χ4n) is 2.89. The van der Waals surface area contributed by atoms with E-state index in [1.54, 1.807) is 23.7 Å². The number of nitrogens with zero attached hydrogens (tertiary/aromatic N) is 4. The van der Waals surface area contributed by atoms with Crippen LogP contribution in [0.2, 0.25) is 0 Å². The van der Waals surface area contributed by atoms with Gasteiger partial charge in [-0.15, -0.1) is 11.3 Å². The van der Waals surface area contributed by atoms with Crippen molar-refractivity contribution in [2.24, 2.45) is 12.0 Å². The molecule has 0 saturated carbocycles. The van der Waals surface area contributed by atoms with Gasteiger partial charge in [0.05, 0.1) is 27.2 Å². The van der Waals surface area contributed by atoms with Crippen LogP contribution in [0, 0.1) is 26.0 Å². The van der Waals surface area contributed by atoms with Gasteiger partial charge < -0.3 is 4.57 Å². The Morgan fingerprint density at radius 1 is 1.10 bits per heavy atom. The largest absolute Gasteiger partial charge is 0.319 e. The van der Waals surface area contributed by atoms with Crippen molar-refractivity contribution in [3.63, 3.8) is 0 Å². The molecule has 3 aromatic rings. The lowest BCUT2D eigenvalue weighted by atomic mass is 10.1. The molecule has 3 rings (SSSR count). The van der Waals surface area contributed by atoms with Gasteiger partial charge in [0.25, 0.3) is 17.3 Å². The zero-order chi connectivity index (χ0) is 22.0. The molecule has 9 nitrogen and oxygen atoms in total. The number of non-ortho nitro benzene ring substituents is 2. The number of hydrogen-bond donors (Lipinski definition) is 0. The number of halogens is 1. The second-order valence-electron chi connectivity index (χ2n) is 6.25. The van der Waals surface area contributed by atoms with Gasteiger partial charge in [0.2, 0.25) is 0 Å². The summed E-state index contributed by atoms with van der Waals surface area (Å²) in [6.45, 7) is 1.92. The van der Waals surface area contributed by atoms with E-state index >= 15 is 0 Å². The molecule has 0 unspecified atom stereocenters. The molecule has 0 aliphatic carbocycles. The fourth-order valence-corrected chi connectivity index (χ4v) is 3.96. The minimum absolute atomic E-state index is 0.259. The lowest BCUT2D eigenvalue weighted by Crippen LogP contribution is -2.14. The summed E-state index contributed by atoms with van der Waals surface area (Å²) < 4.78 is 14.9. The monoisotopic (exact) mass is 430 g/mol. The van der Waals surface area contributed by atoms with Crippen LogP contribution in [0.1, 0.15) is 22.2 Å². The van der Waals surface area contributed by atoms with Crippen molar-refractivity contribution in [2.75, 3.05) is 0 Å². The number of carbonyl (C=O) groups is 1. The summed E-state index contributed by atoms with van der Waals surface area (Å²) >= 11 is 1.24. The number of amides is 1. The molecule has 0 spiro atoms. The summed E-state index contributed by atoms with van der Waals surface area (Å²) in [4.78, 5) is 38.3. The van der Waals surface area contributed by atoms with Crippen LogP contribution in [0.5, 0.6) is 0 Å². The maximum atomic E-state index is 13.3. The third-order valence-corrected chi connectivity index (χ3v) is 5.58. The van der Waals surface area contributed by atoms with Crippen LogP contribution in [-0.2, 0) is 13.5 Å². The molecule has 0 aliphatic rings. The minimum Gasteiger partial charge on any atom is -0.319 e. The lowest BCUT2D eigenvalue weighted by molar-refractivity contribution is -0.394. The molecule has 0 aliphatic heterocycles. The molecule has 0 saturated heterocycles. The molecule has 0 radical (unpaired) electrons. The fraction of sp³-hybridized carbons (Fsp3) is 0.158. The highest BCUT2D eigenvalue weighted by Gasteiger charge is 2.20. The standard InChI is InChI=1S/C19H15FN4O5S/c1-3-16-17(11-4-6-13(20)7-5-11)22(2)19(30-16)21-18(25)12-8-14(23(26)27)10-15(9-12)24(28)29/h4-10H,3H2,1-2H3. The van der Waals surface area contributed by atoms with Crippen molar-refractivity contribution in [3.05, 3.63) is 83.8 Å². The van der Waals surface area contributed by atoms with Crippen LogP contribution in [0.15, 0.2) is 47.5 Å². The molecule has 11 heteroatoms. The molecule has 154 valence electrons. The first kappa shape index (κ1) is 21.0. The summed E-state index contributed by atoms with van der Waals surface area (Å²) in [5.41, 5.74) is 0.107. The first-order valence-electron chi connectivity index (χ1n) is 8.68. The Bertz CT molecular complexity index is 1200. The van der Waals surface area contributed by atoms with E-state index in [0.717, 1.165) is 34.3 Å². The summed E-state index contributed by atoms with van der Waals surface area (Å²) in [5, 5.41) is 22.1. The SMILES string of the molecule is CCc1sc(=NC(=O)c2cc([N+](=O)[O-])cc([N+](=O)[O-])c2)n(C)c1-c1ccc(F)cc1. The molecule has 1 heterocycles. The molecule has 1 aromatic heterocycles. The van der Waals surface area contributed by atoms with Crippen LogP contribution in [-0.4, -0.2) is 20.3 Å². The van der Waals surface area contributed by atoms with Gasteiger partial charge in [-0.1, -0.05) is 6.92 Å². The van der Waals surface area contributed by atoms with Crippen molar-refractivity contribution < 1.29 is 19.0 Å². The van der Waals surface area contributed by atoms with Crippen molar-refractivity contribution in [3.8, 4) is 11.3 Å². The van der Waals surface area contributed by atoms with Gasteiger partial charge in [0.1, 0.15) is 5.82 Å². The van der Waals surface area contributed by atoms with Crippen molar-refractivity contribution in [1.29, 1.82) is 0 Å². The highest BCUT2D eigenvalue weighted by molar-refractivity contribution is 7.09. The van der Waals surface area contributed by atoms with E-state index in [1.165, 1.54) is 23.5 Å². The van der Waals surface area contributed by atoms with Gasteiger partial charge in [-0.05, 0) is 36.2 Å². The second-order valence-corrected chi connectivity index (χ2v) is 7.31. The Morgan fingerprint density at radius 2 is 1.67 bits per heavy atom. The Labute approximate surface area is 173 Å². The molecular formula is C19H15FN4O5S. The highest BCUT2D eigenvalue weighted by Crippen LogP contribution is 2.27. The summed E-state index contributed by atoms with van der Waals surface area (Å²) in [6.07, 6.45) is 0.636. The second kappa shape index (κ2) is 8.33. The predicted molar refractivity (Wildman–Crippen MR) is 108 cm³/mol. The summed E-state index contributed by atoms with van der Waals surface area (Å²) in [5.74, 6) is -1.21. The Morgan fingerprint density at radius 3 is 2.17 bits per heavy atom. The van der Waals surface area contributed by atoms with Gasteiger partial charge in [-0.25, -0.2) is 4.39 Å². The van der Waals surface area contributed by atoms with Gasteiger partial charge in [-0.3, -0.25) is 25.0 Å². The number of hydrogen-bond acceptors (Lipinski definition) is 6. The smallest absolute Gasteiger partial charge is 0.280 e. The normalized spacial score (nSPS) is 11.5. The molecule has 30 heavy (non-hydrogen) atoms. The zero-order valence-electron chi connectivity index (χ0n) is 15.9. The predicted octanol–water partition coefficient (Wildman–Crippen LogP) is 4.01. The van der Waals surface area contributed by atoms with E-state index in [1.807, 2.05) is 6.92 Å². The lowest BCUT2D eigenvalue weighted by Gasteiger charge is -2.05.